The molecule has 3 aromatic rings. The number of methoxy groups -OCH3 is 2. The van der Waals surface area contributed by atoms with Crippen LogP contribution in [0.1, 0.15) is 27.2 Å². The summed E-state index contributed by atoms with van der Waals surface area (Å²) in [5, 5.41) is 7.62. The maximum atomic E-state index is 13.1. The average molecular weight is 411 g/mol. The van der Waals surface area contributed by atoms with Gasteiger partial charge in [-0.25, -0.2) is 4.68 Å². The van der Waals surface area contributed by atoms with E-state index in [9.17, 15) is 9.00 Å². The second-order valence-corrected chi connectivity index (χ2v) is 8.18. The van der Waals surface area contributed by atoms with E-state index in [-0.39, 0.29) is 5.91 Å². The van der Waals surface area contributed by atoms with E-state index in [0.717, 1.165) is 22.5 Å². The quantitative estimate of drug-likeness (QED) is 0.697. The van der Waals surface area contributed by atoms with Crippen LogP contribution in [0.5, 0.6) is 11.5 Å². The third-order valence-corrected chi connectivity index (χ3v) is 6.10. The van der Waals surface area contributed by atoms with Crippen LogP contribution in [0.2, 0.25) is 0 Å². The highest BCUT2D eigenvalue weighted by Crippen LogP contribution is 2.33. The summed E-state index contributed by atoms with van der Waals surface area (Å²) in [6, 6.07) is 12.8. The number of aromatic nitrogens is 2. The molecule has 0 saturated carbocycles. The molecule has 8 heteroatoms. The van der Waals surface area contributed by atoms with Gasteiger partial charge in [0.15, 0.2) is 0 Å². The molecule has 1 aromatic heterocycles. The summed E-state index contributed by atoms with van der Waals surface area (Å²) in [5.41, 5.74) is 3.83. The van der Waals surface area contributed by atoms with Gasteiger partial charge in [-0.05, 0) is 30.7 Å². The highest BCUT2D eigenvalue weighted by molar-refractivity contribution is 7.83. The van der Waals surface area contributed by atoms with E-state index in [1.807, 2.05) is 31.2 Å². The van der Waals surface area contributed by atoms with Crippen LogP contribution in [0, 0.1) is 6.92 Å². The van der Waals surface area contributed by atoms with Crippen molar-refractivity contribution in [2.75, 3.05) is 19.5 Å². The number of aryl methyl sites for hydroxylation is 1. The summed E-state index contributed by atoms with van der Waals surface area (Å²) in [5.74, 6) is 1.98. The Labute approximate surface area is 171 Å². The fourth-order valence-electron chi connectivity index (χ4n) is 3.39. The number of hydrogen-bond acceptors (Lipinski definition) is 5. The van der Waals surface area contributed by atoms with E-state index >= 15 is 0 Å². The predicted octanol–water partition coefficient (Wildman–Crippen LogP) is 3.21. The summed E-state index contributed by atoms with van der Waals surface area (Å²) < 4.78 is 24.4. The van der Waals surface area contributed by atoms with Crippen LogP contribution in [0.3, 0.4) is 0 Å². The first-order valence-corrected chi connectivity index (χ1v) is 10.6. The van der Waals surface area contributed by atoms with E-state index in [0.29, 0.717) is 34.4 Å². The predicted molar refractivity (Wildman–Crippen MR) is 111 cm³/mol. The van der Waals surface area contributed by atoms with Crippen LogP contribution in [0.25, 0.3) is 5.69 Å². The summed E-state index contributed by atoms with van der Waals surface area (Å²) in [4.78, 5) is 13.1. The number of fused-ring (bicyclic) bond motifs is 1. The normalized spacial score (nSPS) is 15.1. The minimum absolute atomic E-state index is 0.334. The molecule has 0 bridgehead atoms. The number of nitrogens with one attached hydrogen (secondary N) is 1. The molecule has 7 nitrogen and oxygen atoms in total. The zero-order chi connectivity index (χ0) is 20.5. The lowest BCUT2D eigenvalue weighted by atomic mass is 10.1. The molecule has 0 fully saturated rings. The van der Waals surface area contributed by atoms with Gasteiger partial charge in [-0.2, -0.15) is 5.10 Å². The molecular weight excluding hydrogens is 390 g/mol. The van der Waals surface area contributed by atoms with E-state index in [2.05, 4.69) is 10.4 Å². The first kappa shape index (κ1) is 19.2. The maximum Gasteiger partial charge on any atom is 0.260 e. The number of anilines is 1. The highest BCUT2D eigenvalue weighted by atomic mass is 32.2. The number of benzene rings is 2. The minimum Gasteiger partial charge on any atom is -0.497 e. The highest BCUT2D eigenvalue weighted by Gasteiger charge is 2.29. The lowest BCUT2D eigenvalue weighted by Gasteiger charge is -2.14. The van der Waals surface area contributed by atoms with Gasteiger partial charge in [0.05, 0.1) is 42.7 Å². The Bertz CT molecular complexity index is 1120. The molecule has 0 spiro atoms. The van der Waals surface area contributed by atoms with Gasteiger partial charge < -0.3 is 14.8 Å². The van der Waals surface area contributed by atoms with Crippen molar-refractivity contribution in [1.82, 2.24) is 9.78 Å². The molecule has 0 saturated heterocycles. The number of hydrogen-bond donors (Lipinski definition) is 1. The monoisotopic (exact) mass is 411 g/mol. The standard InChI is InChI=1S/C21H21N3O4S/c1-13-6-4-5-7-18(13)24-20(16-11-29(26)12-17(16)23-24)22-21(25)15-9-8-14(27-2)10-19(15)28-3/h4-10H,11-12H2,1-3H3,(H,22,25)/t29-/m0/s1. The SMILES string of the molecule is COc1ccc(C(=O)Nc2c3c(nn2-c2ccccc2C)C[S@@](=O)C3)c(OC)c1. The molecule has 150 valence electrons. The Balaban J connectivity index is 1.77. The molecule has 0 radical (unpaired) electrons. The zero-order valence-corrected chi connectivity index (χ0v) is 17.2. The van der Waals surface area contributed by atoms with Crippen LogP contribution in [0.4, 0.5) is 5.82 Å². The van der Waals surface area contributed by atoms with Gasteiger partial charge in [-0.3, -0.25) is 9.00 Å². The number of ether oxygens (including phenoxy) is 2. The first-order chi connectivity index (χ1) is 14.0. The zero-order valence-electron chi connectivity index (χ0n) is 16.4. The Morgan fingerprint density at radius 1 is 1.14 bits per heavy atom. The van der Waals surface area contributed by atoms with Gasteiger partial charge >= 0.3 is 0 Å². The largest absolute Gasteiger partial charge is 0.497 e. The molecule has 4 rings (SSSR count). The van der Waals surface area contributed by atoms with Crippen LogP contribution >= 0.6 is 0 Å². The molecule has 0 unspecified atom stereocenters. The molecule has 1 aliphatic rings. The van der Waals surface area contributed by atoms with Gasteiger partial charge in [0, 0.05) is 22.4 Å². The third kappa shape index (κ3) is 3.51. The van der Waals surface area contributed by atoms with E-state index in [1.54, 1.807) is 30.0 Å². The molecule has 1 atom stereocenters. The lowest BCUT2D eigenvalue weighted by Crippen LogP contribution is -2.17. The molecular formula is C21H21N3O4S. The van der Waals surface area contributed by atoms with Crippen LogP contribution in [0.15, 0.2) is 42.5 Å². The molecule has 2 aromatic carbocycles. The second-order valence-electron chi connectivity index (χ2n) is 6.72. The number of carbonyl (C=O) groups is 1. The molecule has 1 aliphatic heterocycles. The van der Waals surface area contributed by atoms with Crippen LogP contribution in [-0.2, 0) is 22.3 Å². The second kappa shape index (κ2) is 7.71. The molecule has 1 N–H and O–H groups in total. The Morgan fingerprint density at radius 2 is 1.93 bits per heavy atom. The van der Waals surface area contributed by atoms with Gasteiger partial charge in [0.25, 0.3) is 5.91 Å². The fourth-order valence-corrected chi connectivity index (χ4v) is 4.66. The van der Waals surface area contributed by atoms with Crippen LogP contribution in [-0.4, -0.2) is 34.1 Å². The number of nitrogens with zero attached hydrogens (tertiary/aromatic N) is 2. The van der Waals surface area contributed by atoms with Crippen molar-refractivity contribution in [3.8, 4) is 17.2 Å². The first-order valence-electron chi connectivity index (χ1n) is 9.07. The van der Waals surface area contributed by atoms with Gasteiger partial charge in [-0.15, -0.1) is 0 Å². The van der Waals surface area contributed by atoms with Crippen molar-refractivity contribution < 1.29 is 18.5 Å². The van der Waals surface area contributed by atoms with E-state index in [4.69, 9.17) is 9.47 Å². The van der Waals surface area contributed by atoms with E-state index < -0.39 is 10.8 Å². The van der Waals surface area contributed by atoms with Crippen LogP contribution < -0.4 is 14.8 Å². The van der Waals surface area contributed by atoms with Crippen molar-refractivity contribution in [2.24, 2.45) is 0 Å². The van der Waals surface area contributed by atoms with Gasteiger partial charge in [-0.1, -0.05) is 18.2 Å². The van der Waals surface area contributed by atoms with Crippen molar-refractivity contribution >= 4 is 22.5 Å². The Hall–Kier alpha value is -3.13. The van der Waals surface area contributed by atoms with Crippen molar-refractivity contribution in [3.63, 3.8) is 0 Å². The van der Waals surface area contributed by atoms with Crippen molar-refractivity contribution in [1.29, 1.82) is 0 Å². The smallest absolute Gasteiger partial charge is 0.260 e. The molecule has 0 aliphatic carbocycles. The van der Waals surface area contributed by atoms with Gasteiger partial charge in [0.1, 0.15) is 17.3 Å². The molecule has 1 amide bonds. The Kier molecular flexibility index (Phi) is 5.10. The summed E-state index contributed by atoms with van der Waals surface area (Å²) in [6.07, 6.45) is 0. The van der Waals surface area contributed by atoms with Gasteiger partial charge in [0.2, 0.25) is 0 Å². The maximum absolute atomic E-state index is 13.1. The van der Waals surface area contributed by atoms with Crippen molar-refractivity contribution in [3.05, 3.63) is 64.8 Å². The number of carbonyl (C=O) groups excluding carboxylic acids is 1. The molecule has 2 heterocycles. The Morgan fingerprint density at radius 3 is 2.66 bits per heavy atom. The minimum atomic E-state index is -1.01. The third-order valence-electron chi connectivity index (χ3n) is 4.90. The number of para-hydroxylation sites is 1. The fraction of sp³-hybridized carbons (Fsp3) is 0.238. The summed E-state index contributed by atoms with van der Waals surface area (Å²) in [6.45, 7) is 1.98. The van der Waals surface area contributed by atoms with E-state index in [1.165, 1.54) is 7.11 Å². The average Bonchev–Trinajstić information content (AvgIpc) is 3.24. The topological polar surface area (TPSA) is 82.5 Å². The summed E-state index contributed by atoms with van der Waals surface area (Å²) in [7, 11) is 2.05. The number of amides is 1. The summed E-state index contributed by atoms with van der Waals surface area (Å²) >= 11 is 0. The molecule has 29 heavy (non-hydrogen) atoms. The number of rotatable bonds is 5. The van der Waals surface area contributed by atoms with Crippen molar-refractivity contribution in [2.45, 2.75) is 18.4 Å². The lowest BCUT2D eigenvalue weighted by molar-refractivity contribution is 0.102.